The van der Waals surface area contributed by atoms with E-state index in [1.807, 2.05) is 12.2 Å². The molecule has 6 rings (SSSR count). The topological polar surface area (TPSA) is 0 Å². The molecule has 2 aliphatic rings. The fourth-order valence-electron chi connectivity index (χ4n) is 5.17. The molecule has 0 nitrogen and oxygen atoms in total. The summed E-state index contributed by atoms with van der Waals surface area (Å²) in [5.74, 6) is 0. The van der Waals surface area contributed by atoms with Gasteiger partial charge in [-0.25, -0.2) is 12.2 Å². The van der Waals surface area contributed by atoms with Crippen molar-refractivity contribution in [3.8, 4) is 11.1 Å². The zero-order valence-corrected chi connectivity index (χ0v) is 34.9. The van der Waals surface area contributed by atoms with E-state index in [0.29, 0.717) is 0 Å². The van der Waals surface area contributed by atoms with E-state index in [1.165, 1.54) is 68.7 Å². The molecule has 0 unspecified atom stereocenters. The Morgan fingerprint density at radius 1 is 0.739 bits per heavy atom. The SMILES string of the molecule is Brc1cccc(C[C](=[Zr+2])Cc2cccc(Br)c2)c1.CC(C)(C)c1c[c-]c2c(c1)-c1cc(C(C)(C)C)ccc1C2.Cl.Cl.[C-]1=CC=CC1. The smallest absolute Gasteiger partial charge is 0.0132 e. The van der Waals surface area contributed by atoms with Crippen molar-refractivity contribution < 1.29 is 24.2 Å². The molecule has 0 amide bonds. The van der Waals surface area contributed by atoms with Crippen LogP contribution in [0.4, 0.5) is 0 Å². The van der Waals surface area contributed by atoms with Gasteiger partial charge in [-0.3, -0.25) is 6.08 Å². The number of hydrogen-bond acceptors (Lipinski definition) is 0. The summed E-state index contributed by atoms with van der Waals surface area (Å²) in [5.41, 5.74) is 11.5. The summed E-state index contributed by atoms with van der Waals surface area (Å²) in [5, 5.41) is 0. The molecule has 0 atom stereocenters. The predicted octanol–water partition coefficient (Wildman–Crippen LogP) is 12.5. The summed E-state index contributed by atoms with van der Waals surface area (Å²) in [7, 11) is 0. The fourth-order valence-corrected chi connectivity index (χ4v) is 7.07. The Morgan fingerprint density at radius 3 is 1.76 bits per heavy atom. The number of rotatable bonds is 4. The molecule has 0 aromatic heterocycles. The Balaban J connectivity index is 0.000000270. The van der Waals surface area contributed by atoms with Gasteiger partial charge in [0.15, 0.2) is 0 Å². The van der Waals surface area contributed by atoms with E-state index in [9.17, 15) is 0 Å². The molecule has 0 heterocycles. The van der Waals surface area contributed by atoms with Crippen LogP contribution in [0.5, 0.6) is 0 Å². The summed E-state index contributed by atoms with van der Waals surface area (Å²) in [6.07, 6.45) is 13.2. The van der Waals surface area contributed by atoms with Crippen molar-refractivity contribution in [2.45, 2.75) is 78.1 Å². The summed E-state index contributed by atoms with van der Waals surface area (Å²) in [4.78, 5) is 0. The molecule has 0 saturated carbocycles. The van der Waals surface area contributed by atoms with Gasteiger partial charge in [0.05, 0.1) is 0 Å². The van der Waals surface area contributed by atoms with Crippen molar-refractivity contribution in [1.29, 1.82) is 0 Å². The molecule has 240 valence electrons. The molecule has 5 heteroatoms. The molecule has 2 aliphatic carbocycles. The molecule has 0 aliphatic heterocycles. The van der Waals surface area contributed by atoms with Gasteiger partial charge in [0.25, 0.3) is 0 Å². The number of hydrogen-bond donors (Lipinski definition) is 0. The van der Waals surface area contributed by atoms with E-state index >= 15 is 0 Å². The van der Waals surface area contributed by atoms with Gasteiger partial charge in [-0.1, -0.05) is 76.3 Å². The Labute approximate surface area is 322 Å². The van der Waals surface area contributed by atoms with Gasteiger partial charge in [-0.15, -0.1) is 36.8 Å². The van der Waals surface area contributed by atoms with Crippen LogP contribution in [-0.4, -0.2) is 3.21 Å². The third-order valence-corrected chi connectivity index (χ3v) is 9.58. The Morgan fingerprint density at radius 2 is 1.30 bits per heavy atom. The van der Waals surface area contributed by atoms with Crippen molar-refractivity contribution in [1.82, 2.24) is 0 Å². The molecule has 0 N–H and O–H groups in total. The largest absolute Gasteiger partial charge is 0.273 e. The van der Waals surface area contributed by atoms with Gasteiger partial charge in [0.2, 0.25) is 0 Å². The Bertz CT molecular complexity index is 1550. The molecule has 4 aromatic rings. The Kier molecular flexibility index (Phi) is 16.4. The summed E-state index contributed by atoms with van der Waals surface area (Å²) >= 11 is 8.56. The molecule has 0 spiro atoms. The number of benzene rings is 4. The van der Waals surface area contributed by atoms with Crippen LogP contribution in [-0.2, 0) is 54.3 Å². The molecule has 0 radical (unpaired) electrons. The zero-order chi connectivity index (χ0) is 31.9. The first kappa shape index (κ1) is 40.8. The van der Waals surface area contributed by atoms with Gasteiger partial charge in [-0.2, -0.15) is 35.4 Å². The van der Waals surface area contributed by atoms with Crippen LogP contribution in [0.3, 0.4) is 0 Å². The molecule has 0 saturated heterocycles. The van der Waals surface area contributed by atoms with Crippen molar-refractivity contribution in [2.75, 3.05) is 0 Å². The zero-order valence-electron chi connectivity index (χ0n) is 27.6. The fraction of sp³-hybridized carbons (Fsp3) is 0.293. The van der Waals surface area contributed by atoms with Gasteiger partial charge in [-0.05, 0) is 17.4 Å². The molecule has 46 heavy (non-hydrogen) atoms. The van der Waals surface area contributed by atoms with Crippen molar-refractivity contribution in [3.05, 3.63) is 152 Å². The summed E-state index contributed by atoms with van der Waals surface area (Å²) in [6, 6.07) is 32.2. The minimum atomic E-state index is 0. The van der Waals surface area contributed by atoms with Gasteiger partial charge in [0.1, 0.15) is 0 Å². The van der Waals surface area contributed by atoms with Gasteiger partial charge in [0, 0.05) is 0 Å². The second-order valence-corrected chi connectivity index (χ2v) is 17.1. The van der Waals surface area contributed by atoms with Crippen LogP contribution >= 0.6 is 56.7 Å². The first-order valence-corrected chi connectivity index (χ1v) is 18.1. The minimum absolute atomic E-state index is 0. The standard InChI is InChI=1S/C21H25.C15H12Br2.C5H5.2ClH.Zr/c1-20(2,3)16-9-7-14-11-15-8-10-17(21(4,5)6)13-19(15)18(14)12-16;16-14-8-2-6-12(10-14)4-1-5-13-7-3-9-15(17)11-13;1-2-4-5-3-1;;;/h7,9-10,12-13H,11H2,1-6H3;2-3,6-11H,4-5H2;1-3H,4H2;2*1H;/q-1;;-1;;;+2. The van der Waals surface area contributed by atoms with E-state index in [1.54, 1.807) is 3.21 Å². The van der Waals surface area contributed by atoms with Crippen LogP contribution in [0.15, 0.2) is 106 Å². The van der Waals surface area contributed by atoms with Gasteiger partial charge < -0.3 is 0 Å². The second kappa shape index (κ2) is 18.4. The van der Waals surface area contributed by atoms with Crippen LogP contribution in [0.25, 0.3) is 11.1 Å². The maximum Gasteiger partial charge on any atom is -0.0132 e. The van der Waals surface area contributed by atoms with Gasteiger partial charge >= 0.3 is 141 Å². The van der Waals surface area contributed by atoms with E-state index in [4.69, 9.17) is 0 Å². The molecule has 0 bridgehead atoms. The third-order valence-electron chi connectivity index (χ3n) is 7.73. The van der Waals surface area contributed by atoms with E-state index < -0.39 is 0 Å². The quantitative estimate of drug-likeness (QED) is 0.158. The Hall–Kier alpha value is -1.35. The van der Waals surface area contributed by atoms with E-state index in [0.717, 1.165) is 34.6 Å². The molecular formula is C41H44Br2Cl2Zr. The molecule has 4 aromatic carbocycles. The average molecular weight is 859 g/mol. The maximum absolute atomic E-state index is 3.53. The first-order chi connectivity index (χ1) is 20.8. The normalized spacial score (nSPS) is 12.4. The number of halogens is 4. The summed E-state index contributed by atoms with van der Waals surface area (Å²) < 4.78 is 3.88. The van der Waals surface area contributed by atoms with Crippen LogP contribution in [0, 0.1) is 12.1 Å². The van der Waals surface area contributed by atoms with Crippen LogP contribution in [0.1, 0.15) is 81.3 Å². The first-order valence-electron chi connectivity index (χ1n) is 15.3. The second-order valence-electron chi connectivity index (χ2n) is 13.5. The van der Waals surface area contributed by atoms with Crippen molar-refractivity contribution in [3.63, 3.8) is 0 Å². The minimum Gasteiger partial charge on any atom is -0.273 e. The van der Waals surface area contributed by atoms with Crippen molar-refractivity contribution >= 4 is 59.9 Å². The summed E-state index contributed by atoms with van der Waals surface area (Å²) in [6.45, 7) is 13.6. The number of fused-ring (bicyclic) bond motifs is 3. The van der Waals surface area contributed by atoms with Crippen LogP contribution < -0.4 is 0 Å². The van der Waals surface area contributed by atoms with E-state index in [-0.39, 0.29) is 35.6 Å². The maximum atomic E-state index is 3.53. The molecular weight excluding hydrogens is 814 g/mol. The molecule has 0 fully saturated rings. The average Bonchev–Trinajstić information content (AvgIpc) is 3.64. The van der Waals surface area contributed by atoms with E-state index in [2.05, 4.69) is 170 Å². The van der Waals surface area contributed by atoms with Crippen molar-refractivity contribution in [2.24, 2.45) is 0 Å². The third kappa shape index (κ3) is 12.3. The number of allylic oxidation sites excluding steroid dienone is 4. The monoisotopic (exact) mass is 854 g/mol. The predicted molar refractivity (Wildman–Crippen MR) is 208 cm³/mol. The van der Waals surface area contributed by atoms with Crippen LogP contribution in [0.2, 0.25) is 0 Å².